The number of urea groups is 1. The molecule has 0 saturated carbocycles. The number of likely N-dealkylation sites (tertiary alicyclic amines) is 2. The van der Waals surface area contributed by atoms with E-state index in [9.17, 15) is 4.79 Å². The highest BCUT2D eigenvalue weighted by Crippen LogP contribution is 2.23. The maximum atomic E-state index is 12.6. The van der Waals surface area contributed by atoms with Crippen LogP contribution >= 0.6 is 11.8 Å². The molecular weight excluding hydrogens is 406 g/mol. The third-order valence-electron chi connectivity index (χ3n) is 6.24. The summed E-state index contributed by atoms with van der Waals surface area (Å²) < 4.78 is 6.42. The molecule has 0 bridgehead atoms. The van der Waals surface area contributed by atoms with E-state index >= 15 is 0 Å². The van der Waals surface area contributed by atoms with Gasteiger partial charge in [-0.05, 0) is 61.8 Å². The number of nitrogens with zero attached hydrogens (tertiary/aromatic N) is 2. The summed E-state index contributed by atoms with van der Waals surface area (Å²) in [7, 11) is 0. The van der Waals surface area contributed by atoms with Crippen molar-refractivity contribution in [2.24, 2.45) is 0 Å². The molecule has 2 aliphatic rings. The second-order valence-corrected chi connectivity index (χ2v) is 9.32. The molecule has 31 heavy (non-hydrogen) atoms. The number of hydrogen-bond acceptors (Lipinski definition) is 4. The van der Waals surface area contributed by atoms with Gasteiger partial charge in [-0.3, -0.25) is 4.90 Å². The standard InChI is InChI=1S/C25H33N3O2S/c1-31-24-9-7-21(8-10-24)26-25(29)28-17-13-23(14-18-28)30-22-11-15-27(16-12-22)19-20-5-3-2-4-6-20/h2-10,22-23H,11-19H2,1H3,(H,26,29). The van der Waals surface area contributed by atoms with E-state index in [0.29, 0.717) is 6.10 Å². The maximum Gasteiger partial charge on any atom is 0.321 e. The summed E-state index contributed by atoms with van der Waals surface area (Å²) in [6, 6.07) is 18.7. The van der Waals surface area contributed by atoms with Crippen molar-refractivity contribution in [1.29, 1.82) is 0 Å². The summed E-state index contributed by atoms with van der Waals surface area (Å²) in [4.78, 5) is 18.2. The second kappa shape index (κ2) is 11.0. The third-order valence-corrected chi connectivity index (χ3v) is 6.98. The van der Waals surface area contributed by atoms with E-state index in [4.69, 9.17) is 4.74 Å². The van der Waals surface area contributed by atoms with Crippen LogP contribution in [0.1, 0.15) is 31.2 Å². The molecule has 2 saturated heterocycles. The van der Waals surface area contributed by atoms with Gasteiger partial charge < -0.3 is 15.0 Å². The first-order chi connectivity index (χ1) is 15.2. The number of amides is 2. The van der Waals surface area contributed by atoms with Crippen LogP contribution in [0.25, 0.3) is 0 Å². The van der Waals surface area contributed by atoms with Crippen LogP contribution in [0.5, 0.6) is 0 Å². The van der Waals surface area contributed by atoms with Crippen molar-refractivity contribution in [1.82, 2.24) is 9.80 Å². The molecule has 2 aromatic rings. The van der Waals surface area contributed by atoms with Crippen molar-refractivity contribution in [2.75, 3.05) is 37.8 Å². The Labute approximate surface area is 190 Å². The number of rotatable bonds is 6. The molecule has 0 aliphatic carbocycles. The minimum absolute atomic E-state index is 0.00966. The van der Waals surface area contributed by atoms with Gasteiger partial charge in [0.1, 0.15) is 0 Å². The first kappa shape index (κ1) is 22.2. The zero-order valence-electron chi connectivity index (χ0n) is 18.3. The third kappa shape index (κ3) is 6.48. The molecule has 0 aromatic heterocycles. The number of benzene rings is 2. The molecule has 166 valence electrons. The van der Waals surface area contributed by atoms with Gasteiger partial charge in [0.2, 0.25) is 0 Å². The molecule has 1 N–H and O–H groups in total. The number of piperidine rings is 2. The first-order valence-corrected chi connectivity index (χ1v) is 12.5. The van der Waals surface area contributed by atoms with Gasteiger partial charge in [0.15, 0.2) is 0 Å². The molecule has 0 atom stereocenters. The SMILES string of the molecule is CSc1ccc(NC(=O)N2CCC(OC3CCN(Cc4ccccc4)CC3)CC2)cc1. The van der Waals surface area contributed by atoms with Gasteiger partial charge >= 0.3 is 6.03 Å². The van der Waals surface area contributed by atoms with E-state index in [-0.39, 0.29) is 12.1 Å². The van der Waals surface area contributed by atoms with Gasteiger partial charge in [-0.15, -0.1) is 11.8 Å². The lowest BCUT2D eigenvalue weighted by Gasteiger charge is -2.37. The highest BCUT2D eigenvalue weighted by atomic mass is 32.2. The van der Waals surface area contributed by atoms with E-state index in [1.807, 2.05) is 35.4 Å². The number of ether oxygens (including phenoxy) is 1. The van der Waals surface area contributed by atoms with E-state index in [0.717, 1.165) is 64.1 Å². The summed E-state index contributed by atoms with van der Waals surface area (Å²) in [6.07, 6.45) is 6.71. The monoisotopic (exact) mass is 439 g/mol. The van der Waals surface area contributed by atoms with Gasteiger partial charge in [-0.25, -0.2) is 4.79 Å². The lowest BCUT2D eigenvalue weighted by atomic mass is 10.0. The van der Waals surface area contributed by atoms with E-state index < -0.39 is 0 Å². The number of carbonyl (C=O) groups excluding carboxylic acids is 1. The molecule has 2 fully saturated rings. The molecule has 2 amide bonds. The molecular formula is C25H33N3O2S. The Hall–Kier alpha value is -2.02. The fraction of sp³-hybridized carbons (Fsp3) is 0.480. The van der Waals surface area contributed by atoms with Crippen LogP contribution < -0.4 is 5.32 Å². The minimum atomic E-state index is -0.00966. The smallest absolute Gasteiger partial charge is 0.321 e. The average molecular weight is 440 g/mol. The molecule has 6 heteroatoms. The minimum Gasteiger partial charge on any atom is -0.375 e. The molecule has 5 nitrogen and oxygen atoms in total. The van der Waals surface area contributed by atoms with Crippen molar-refractivity contribution in [3.63, 3.8) is 0 Å². The van der Waals surface area contributed by atoms with Gasteiger partial charge in [-0.1, -0.05) is 30.3 Å². The molecule has 2 aromatic carbocycles. The molecule has 2 heterocycles. The number of nitrogens with one attached hydrogen (secondary N) is 1. The number of hydrogen-bond donors (Lipinski definition) is 1. The van der Waals surface area contributed by atoms with Gasteiger partial charge in [0.05, 0.1) is 12.2 Å². The van der Waals surface area contributed by atoms with E-state index in [1.54, 1.807) is 11.8 Å². The van der Waals surface area contributed by atoms with Crippen molar-refractivity contribution in [3.8, 4) is 0 Å². The summed E-state index contributed by atoms with van der Waals surface area (Å²) in [6.45, 7) is 4.73. The molecule has 0 unspecified atom stereocenters. The van der Waals surface area contributed by atoms with Crippen LogP contribution in [0, 0.1) is 0 Å². The zero-order valence-corrected chi connectivity index (χ0v) is 19.2. The van der Waals surface area contributed by atoms with Crippen LogP contribution in [-0.2, 0) is 11.3 Å². The van der Waals surface area contributed by atoms with Crippen molar-refractivity contribution in [2.45, 2.75) is 49.3 Å². The number of anilines is 1. The summed E-state index contributed by atoms with van der Waals surface area (Å²) >= 11 is 1.70. The quantitative estimate of drug-likeness (QED) is 0.637. The van der Waals surface area contributed by atoms with Crippen molar-refractivity contribution < 1.29 is 9.53 Å². The van der Waals surface area contributed by atoms with Crippen molar-refractivity contribution >= 4 is 23.5 Å². The summed E-state index contributed by atoms with van der Waals surface area (Å²) in [5.74, 6) is 0. The van der Waals surface area contributed by atoms with Gasteiger partial charge in [0.25, 0.3) is 0 Å². The Morgan fingerprint density at radius 1 is 0.935 bits per heavy atom. The highest BCUT2D eigenvalue weighted by molar-refractivity contribution is 7.98. The number of carbonyl (C=O) groups is 1. The zero-order chi connectivity index (χ0) is 21.5. The second-order valence-electron chi connectivity index (χ2n) is 8.44. The van der Waals surface area contributed by atoms with Crippen molar-refractivity contribution in [3.05, 3.63) is 60.2 Å². The van der Waals surface area contributed by atoms with E-state index in [1.165, 1.54) is 10.5 Å². The Morgan fingerprint density at radius 3 is 2.16 bits per heavy atom. The Morgan fingerprint density at radius 2 is 1.55 bits per heavy atom. The Bertz CT molecular complexity index is 814. The maximum absolute atomic E-state index is 12.6. The first-order valence-electron chi connectivity index (χ1n) is 11.3. The van der Waals surface area contributed by atoms with Gasteiger partial charge in [-0.2, -0.15) is 0 Å². The van der Waals surface area contributed by atoms with E-state index in [2.05, 4.69) is 40.5 Å². The normalized spacial score (nSPS) is 18.8. The topological polar surface area (TPSA) is 44.8 Å². The molecule has 0 radical (unpaired) electrons. The lowest BCUT2D eigenvalue weighted by molar-refractivity contribution is -0.0616. The molecule has 4 rings (SSSR count). The summed E-state index contributed by atoms with van der Waals surface area (Å²) in [5.41, 5.74) is 2.23. The number of thioether (sulfide) groups is 1. The fourth-order valence-corrected chi connectivity index (χ4v) is 4.80. The van der Waals surface area contributed by atoms with Crippen LogP contribution in [0.15, 0.2) is 59.5 Å². The predicted octanol–water partition coefficient (Wildman–Crippen LogP) is 5.09. The van der Waals surface area contributed by atoms with Gasteiger partial charge in [0, 0.05) is 43.3 Å². The largest absolute Gasteiger partial charge is 0.375 e. The average Bonchev–Trinajstić information content (AvgIpc) is 2.82. The van der Waals surface area contributed by atoms with Crippen LogP contribution in [0.2, 0.25) is 0 Å². The molecule has 0 spiro atoms. The Balaban J connectivity index is 1.15. The summed E-state index contributed by atoms with van der Waals surface area (Å²) in [5, 5.41) is 3.02. The fourth-order valence-electron chi connectivity index (χ4n) is 4.39. The highest BCUT2D eigenvalue weighted by Gasteiger charge is 2.27. The van der Waals surface area contributed by atoms with Crippen LogP contribution in [0.3, 0.4) is 0 Å². The Kier molecular flexibility index (Phi) is 7.89. The van der Waals surface area contributed by atoms with Crippen LogP contribution in [-0.4, -0.2) is 60.5 Å². The molecule has 2 aliphatic heterocycles. The van der Waals surface area contributed by atoms with Crippen LogP contribution in [0.4, 0.5) is 10.5 Å². The predicted molar refractivity (Wildman–Crippen MR) is 128 cm³/mol. The lowest BCUT2D eigenvalue weighted by Crippen LogP contribution is -2.45.